The normalized spacial score (nSPS) is 18.5. The summed E-state index contributed by atoms with van der Waals surface area (Å²) < 4.78 is 74.9. The second-order valence-corrected chi connectivity index (χ2v) is 10.7. The minimum Gasteiger partial charge on any atom is -0.423 e. The summed E-state index contributed by atoms with van der Waals surface area (Å²) in [7, 11) is -1.87. The topological polar surface area (TPSA) is 79.5 Å². The highest BCUT2D eigenvalue weighted by Crippen LogP contribution is 2.40. The Bertz CT molecular complexity index is 1180. The molecular formula is C18H18BF3N4O3S2. The predicted molar refractivity (Wildman–Crippen MR) is 113 cm³/mol. The van der Waals surface area contributed by atoms with Crippen LogP contribution in [0.5, 0.6) is 0 Å². The lowest BCUT2D eigenvalue weighted by Gasteiger charge is -2.40. The third-order valence-electron chi connectivity index (χ3n) is 5.09. The van der Waals surface area contributed by atoms with Crippen LogP contribution in [0.25, 0.3) is 11.5 Å². The molecule has 1 fully saturated rings. The van der Waals surface area contributed by atoms with Gasteiger partial charge >= 0.3 is 6.18 Å². The van der Waals surface area contributed by atoms with E-state index in [0.29, 0.717) is 0 Å². The Morgan fingerprint density at radius 2 is 2.00 bits per heavy atom. The largest absolute Gasteiger partial charge is 0.423 e. The van der Waals surface area contributed by atoms with E-state index in [4.69, 9.17) is 4.42 Å². The quantitative estimate of drug-likeness (QED) is 0.543. The van der Waals surface area contributed by atoms with Gasteiger partial charge in [0.1, 0.15) is 4.21 Å². The lowest BCUT2D eigenvalue weighted by atomic mass is 10.1. The lowest BCUT2D eigenvalue weighted by molar-refractivity contribution is -0.137. The highest BCUT2D eigenvalue weighted by Gasteiger charge is 2.39. The summed E-state index contributed by atoms with van der Waals surface area (Å²) in [5.74, 6) is -0.00688. The van der Waals surface area contributed by atoms with E-state index in [1.54, 1.807) is 24.0 Å². The summed E-state index contributed by atoms with van der Waals surface area (Å²) in [4.78, 5) is 1.57. The summed E-state index contributed by atoms with van der Waals surface area (Å²) in [6.07, 6.45) is -3.56. The van der Waals surface area contributed by atoms with Crippen molar-refractivity contribution in [1.82, 2.24) is 14.5 Å². The molecule has 1 atom stereocenters. The van der Waals surface area contributed by atoms with Crippen LogP contribution in [0, 0.1) is 0 Å². The molecule has 1 aromatic carbocycles. The van der Waals surface area contributed by atoms with Gasteiger partial charge < -0.3 is 9.32 Å². The summed E-state index contributed by atoms with van der Waals surface area (Å²) in [5.41, 5.74) is -0.678. The fourth-order valence-electron chi connectivity index (χ4n) is 3.65. The monoisotopic (exact) mass is 470 g/mol. The zero-order valence-electron chi connectivity index (χ0n) is 16.6. The Morgan fingerprint density at radius 1 is 1.23 bits per heavy atom. The molecule has 0 N–H and O–H groups in total. The number of halogens is 3. The number of piperazine rings is 1. The minimum absolute atomic E-state index is 0.00688. The number of alkyl halides is 3. The fraction of sp³-hybridized carbons (Fsp3) is 0.333. The molecule has 0 amide bonds. The maximum Gasteiger partial charge on any atom is 0.418 e. The Hall–Kier alpha value is -2.38. The van der Waals surface area contributed by atoms with Crippen LogP contribution in [0.1, 0.15) is 12.5 Å². The summed E-state index contributed by atoms with van der Waals surface area (Å²) in [6.45, 7) is 2.05. The number of hydrogen-bond acceptors (Lipinski definition) is 7. The van der Waals surface area contributed by atoms with Gasteiger partial charge in [0.2, 0.25) is 12.3 Å². The van der Waals surface area contributed by atoms with E-state index in [1.807, 2.05) is 7.85 Å². The van der Waals surface area contributed by atoms with Gasteiger partial charge in [-0.05, 0) is 36.0 Å². The van der Waals surface area contributed by atoms with E-state index < -0.39 is 27.8 Å². The molecule has 0 unspecified atom stereocenters. The van der Waals surface area contributed by atoms with E-state index in [1.165, 1.54) is 27.8 Å². The van der Waals surface area contributed by atoms with Gasteiger partial charge in [-0.3, -0.25) is 0 Å². The van der Waals surface area contributed by atoms with Gasteiger partial charge in [-0.1, -0.05) is 6.07 Å². The Labute approximate surface area is 182 Å². The van der Waals surface area contributed by atoms with Crippen molar-refractivity contribution >= 4 is 39.7 Å². The average Bonchev–Trinajstić information content (AvgIpc) is 3.39. The Morgan fingerprint density at radius 3 is 2.58 bits per heavy atom. The van der Waals surface area contributed by atoms with E-state index in [-0.39, 0.29) is 41.0 Å². The predicted octanol–water partition coefficient (Wildman–Crippen LogP) is 1.97. The molecule has 31 heavy (non-hydrogen) atoms. The molecule has 1 saturated heterocycles. The van der Waals surface area contributed by atoms with E-state index >= 15 is 0 Å². The smallest absolute Gasteiger partial charge is 0.418 e. The van der Waals surface area contributed by atoms with Crippen LogP contribution in [0.4, 0.5) is 18.9 Å². The molecule has 0 radical (unpaired) electrons. The summed E-state index contributed by atoms with van der Waals surface area (Å²) in [6, 6.07) is 6.62. The molecule has 1 aliphatic rings. The summed E-state index contributed by atoms with van der Waals surface area (Å²) in [5, 5.41) is 7.16. The highest BCUT2D eigenvalue weighted by molar-refractivity contribution is 7.91. The first-order chi connectivity index (χ1) is 14.6. The van der Waals surface area contributed by atoms with Crippen LogP contribution in [-0.2, 0) is 16.2 Å². The minimum atomic E-state index is -4.60. The molecule has 4 rings (SSSR count). The van der Waals surface area contributed by atoms with Crippen molar-refractivity contribution in [1.29, 1.82) is 0 Å². The van der Waals surface area contributed by atoms with Crippen molar-refractivity contribution in [2.45, 2.75) is 23.4 Å². The van der Waals surface area contributed by atoms with Gasteiger partial charge in [0, 0.05) is 36.9 Å². The number of aromatic nitrogens is 2. The molecule has 2 aromatic heterocycles. The van der Waals surface area contributed by atoms with Crippen LogP contribution >= 0.6 is 11.3 Å². The van der Waals surface area contributed by atoms with Crippen molar-refractivity contribution in [3.63, 3.8) is 0 Å². The van der Waals surface area contributed by atoms with Gasteiger partial charge in [0.15, 0.2) is 7.85 Å². The maximum absolute atomic E-state index is 13.8. The Kier molecular flexibility index (Phi) is 5.60. The molecule has 0 aliphatic carbocycles. The first-order valence-corrected chi connectivity index (χ1v) is 11.6. The molecule has 7 nitrogen and oxygen atoms in total. The van der Waals surface area contributed by atoms with E-state index in [0.717, 1.165) is 17.2 Å². The molecule has 3 aromatic rings. The van der Waals surface area contributed by atoms with E-state index in [9.17, 15) is 21.6 Å². The van der Waals surface area contributed by atoms with E-state index in [2.05, 4.69) is 10.2 Å². The number of benzene rings is 1. The van der Waals surface area contributed by atoms with Crippen LogP contribution in [-0.4, -0.2) is 56.4 Å². The standard InChI is InChI=1S/C18H18BF3N4O3S2/c1-11-9-25(6-7-26(11)31(27,28)16-5-4-15(19)30-16)14-3-2-12(17-24-23-10-29-17)8-13(14)18(20,21)22/h2-5,8,10-11H,6-7,9,19H2,1H3/t11-/m1/s1. The summed E-state index contributed by atoms with van der Waals surface area (Å²) >= 11 is 1.18. The first kappa shape index (κ1) is 21.8. The third-order valence-corrected chi connectivity index (χ3v) is 8.58. The van der Waals surface area contributed by atoms with Gasteiger partial charge in [0.25, 0.3) is 10.0 Å². The molecule has 164 valence electrons. The fourth-order valence-corrected chi connectivity index (χ4v) is 6.68. The van der Waals surface area contributed by atoms with Gasteiger partial charge in [-0.25, -0.2) is 8.42 Å². The number of nitrogens with zero attached hydrogens (tertiary/aromatic N) is 4. The van der Waals surface area contributed by atoms with Crippen molar-refractivity contribution in [2.24, 2.45) is 0 Å². The van der Waals surface area contributed by atoms with Crippen LogP contribution in [0.2, 0.25) is 0 Å². The molecule has 0 saturated carbocycles. The second kappa shape index (κ2) is 7.95. The van der Waals surface area contributed by atoms with Crippen LogP contribution in [0.3, 0.4) is 0 Å². The number of hydrogen-bond donors (Lipinski definition) is 0. The SMILES string of the molecule is Bc1ccc(S(=O)(=O)N2CCN(c3ccc(-c4nnco4)cc3C(F)(F)F)C[C@H]2C)s1. The third kappa shape index (κ3) is 4.21. The van der Waals surface area contributed by atoms with Gasteiger partial charge in [-0.15, -0.1) is 21.5 Å². The molecule has 3 heterocycles. The number of rotatable bonds is 4. The number of thiophene rings is 1. The van der Waals surface area contributed by atoms with Crippen molar-refractivity contribution in [2.75, 3.05) is 24.5 Å². The van der Waals surface area contributed by atoms with Crippen molar-refractivity contribution in [3.05, 3.63) is 42.3 Å². The lowest BCUT2D eigenvalue weighted by Crippen LogP contribution is -2.54. The average molecular weight is 470 g/mol. The molecule has 0 bridgehead atoms. The maximum atomic E-state index is 13.8. The number of anilines is 1. The van der Waals surface area contributed by atoms with Crippen molar-refractivity contribution in [3.8, 4) is 11.5 Å². The molecule has 0 spiro atoms. The van der Waals surface area contributed by atoms with Crippen LogP contribution < -0.4 is 9.68 Å². The van der Waals surface area contributed by atoms with Crippen LogP contribution in [0.15, 0.2) is 45.4 Å². The molecule has 1 aliphatic heterocycles. The highest BCUT2D eigenvalue weighted by atomic mass is 32.2. The second-order valence-electron chi connectivity index (χ2n) is 7.25. The molecular weight excluding hydrogens is 452 g/mol. The Balaban J connectivity index is 1.62. The zero-order valence-corrected chi connectivity index (χ0v) is 18.3. The zero-order chi connectivity index (χ0) is 22.4. The van der Waals surface area contributed by atoms with Gasteiger partial charge in [0.05, 0.1) is 5.56 Å². The number of sulfonamides is 1. The first-order valence-electron chi connectivity index (χ1n) is 9.38. The van der Waals surface area contributed by atoms with Gasteiger partial charge in [-0.2, -0.15) is 17.5 Å². The molecule has 13 heteroatoms. The van der Waals surface area contributed by atoms with Crippen molar-refractivity contribution < 1.29 is 26.0 Å².